The van der Waals surface area contributed by atoms with Gasteiger partial charge in [-0.15, -0.1) is 0 Å². The SMILES string of the molecule is CC1C=CC=C(c2ccc(N(c3ccc4c(c3)C(C)(C)C3=C4C=CC(C)C3)c3ccc4c(c3)C3(c5ccccc5-n5c6ccccc6c6cccc3c65)c3ccccc3P4(=O)c3ccccc3)cc2)C1. The molecule has 3 aliphatic carbocycles. The lowest BCUT2D eigenvalue weighted by Gasteiger charge is -2.48. The van der Waals surface area contributed by atoms with E-state index in [4.69, 9.17) is 0 Å². The minimum Gasteiger partial charge on any atom is -0.310 e. The molecule has 8 aromatic carbocycles. The van der Waals surface area contributed by atoms with Crippen molar-refractivity contribution in [2.45, 2.75) is 51.4 Å². The number of fused-ring (bicyclic) bond motifs is 13. The van der Waals surface area contributed by atoms with Crippen molar-refractivity contribution in [1.82, 2.24) is 4.57 Å². The summed E-state index contributed by atoms with van der Waals surface area (Å²) in [6, 6.07) is 66.9. The standard InChI is InChI=1S/C66H53N2OP/c1-42-16-14-17-45(38-42)44-29-31-46(32-30-44)67(47-33-36-51-50-35-28-43(2)39-57(50)65(3,4)58(51)40-47)48-34-37-63-59(41-48)66(55-23-10-13-27-62(55)70(63,69)49-18-6-5-7-19-49)54-22-9-12-26-61(54)68-60-25-11-8-20-52(60)53-21-15-24-56(66)64(53)68/h5-37,40-43H,38-39H2,1-4H3. The number of rotatable bonds is 5. The summed E-state index contributed by atoms with van der Waals surface area (Å²) in [4.78, 5) is 2.46. The minimum atomic E-state index is -3.46. The van der Waals surface area contributed by atoms with Crippen molar-refractivity contribution in [1.29, 1.82) is 0 Å². The van der Waals surface area contributed by atoms with Gasteiger partial charge in [-0.1, -0.05) is 191 Å². The van der Waals surface area contributed by atoms with Crippen molar-refractivity contribution in [2.75, 3.05) is 4.90 Å². The van der Waals surface area contributed by atoms with Gasteiger partial charge in [-0.3, -0.25) is 0 Å². The number of para-hydroxylation sites is 3. The molecule has 9 aromatic rings. The minimum absolute atomic E-state index is 0.123. The third-order valence-corrected chi connectivity index (χ3v) is 19.8. The molecule has 0 N–H and O–H groups in total. The van der Waals surface area contributed by atoms with E-state index in [-0.39, 0.29) is 5.41 Å². The van der Waals surface area contributed by atoms with Gasteiger partial charge >= 0.3 is 0 Å². The smallest absolute Gasteiger partial charge is 0.171 e. The van der Waals surface area contributed by atoms with Gasteiger partial charge in [-0.2, -0.15) is 0 Å². The van der Waals surface area contributed by atoms with E-state index in [1.165, 1.54) is 66.3 Å². The molecule has 70 heavy (non-hydrogen) atoms. The van der Waals surface area contributed by atoms with Gasteiger partial charge in [0.15, 0.2) is 7.14 Å². The Labute approximate surface area is 410 Å². The maximum Gasteiger partial charge on any atom is 0.171 e. The number of allylic oxidation sites excluding steroid dienone is 8. The van der Waals surface area contributed by atoms with Crippen molar-refractivity contribution in [2.24, 2.45) is 11.8 Å². The van der Waals surface area contributed by atoms with Crippen LogP contribution < -0.4 is 20.8 Å². The van der Waals surface area contributed by atoms with E-state index in [9.17, 15) is 0 Å². The number of benzene rings is 8. The number of aromatic nitrogens is 1. The van der Waals surface area contributed by atoms with Crippen LogP contribution >= 0.6 is 7.14 Å². The highest BCUT2D eigenvalue weighted by Crippen LogP contribution is 2.62. The van der Waals surface area contributed by atoms with Gasteiger partial charge in [-0.05, 0) is 129 Å². The number of hydrogen-bond acceptors (Lipinski definition) is 2. The van der Waals surface area contributed by atoms with Gasteiger partial charge in [0.2, 0.25) is 0 Å². The van der Waals surface area contributed by atoms with Crippen LogP contribution in [0.5, 0.6) is 0 Å². The molecule has 4 unspecified atom stereocenters. The Kier molecular flexibility index (Phi) is 8.91. The molecule has 0 saturated heterocycles. The second kappa shape index (κ2) is 15.0. The predicted octanol–water partition coefficient (Wildman–Crippen LogP) is 15.5. The molecule has 4 atom stereocenters. The van der Waals surface area contributed by atoms with Crippen LogP contribution in [0.3, 0.4) is 0 Å². The van der Waals surface area contributed by atoms with Crippen LogP contribution in [0, 0.1) is 11.8 Å². The zero-order valence-electron chi connectivity index (χ0n) is 40.0. The van der Waals surface area contributed by atoms with Gasteiger partial charge in [0, 0.05) is 49.2 Å². The third kappa shape index (κ3) is 5.56. The highest BCUT2D eigenvalue weighted by Gasteiger charge is 2.54. The second-order valence-corrected chi connectivity index (χ2v) is 23.6. The van der Waals surface area contributed by atoms with E-state index in [1.54, 1.807) is 0 Å². The molecule has 14 rings (SSSR count). The Hall–Kier alpha value is -7.45. The summed E-state index contributed by atoms with van der Waals surface area (Å²) in [5, 5.41) is 5.06. The molecule has 2 aliphatic heterocycles. The van der Waals surface area contributed by atoms with Gasteiger partial charge < -0.3 is 14.0 Å². The lowest BCUT2D eigenvalue weighted by Crippen LogP contribution is -2.48. The molecule has 1 aromatic heterocycles. The molecule has 3 nitrogen and oxygen atoms in total. The summed E-state index contributed by atoms with van der Waals surface area (Å²) in [7, 11) is -3.46. The fourth-order valence-electron chi connectivity index (χ4n) is 13.4. The van der Waals surface area contributed by atoms with E-state index in [0.717, 1.165) is 62.6 Å². The second-order valence-electron chi connectivity index (χ2n) is 20.9. The lowest BCUT2D eigenvalue weighted by atomic mass is 9.62. The highest BCUT2D eigenvalue weighted by molar-refractivity contribution is 7.85. The fraction of sp³-hybridized carbons (Fsp3) is 0.152. The van der Waals surface area contributed by atoms with Crippen LogP contribution in [0.1, 0.15) is 79.5 Å². The monoisotopic (exact) mass is 920 g/mol. The molecule has 0 fully saturated rings. The summed E-state index contributed by atoms with van der Waals surface area (Å²) < 4.78 is 19.5. The summed E-state index contributed by atoms with van der Waals surface area (Å²) in [6.45, 7) is 9.45. The van der Waals surface area contributed by atoms with E-state index >= 15 is 4.57 Å². The molecule has 4 heteroatoms. The molecule has 5 aliphatic rings. The first-order valence-electron chi connectivity index (χ1n) is 25.1. The van der Waals surface area contributed by atoms with E-state index in [1.807, 2.05) is 18.2 Å². The molecular formula is C66H53N2OP. The van der Waals surface area contributed by atoms with Crippen molar-refractivity contribution in [3.05, 3.63) is 257 Å². The van der Waals surface area contributed by atoms with E-state index < -0.39 is 12.6 Å². The van der Waals surface area contributed by atoms with Gasteiger partial charge in [0.1, 0.15) is 0 Å². The summed E-state index contributed by atoms with van der Waals surface area (Å²) in [5.74, 6) is 1.01. The maximum atomic E-state index is 17.0. The highest BCUT2D eigenvalue weighted by atomic mass is 31.2. The van der Waals surface area contributed by atoms with Gasteiger partial charge in [-0.25, -0.2) is 0 Å². The Balaban J connectivity index is 1.07. The number of hydrogen-bond donors (Lipinski definition) is 0. The molecule has 0 radical (unpaired) electrons. The van der Waals surface area contributed by atoms with Gasteiger partial charge in [0.25, 0.3) is 0 Å². The van der Waals surface area contributed by atoms with E-state index in [2.05, 4.69) is 231 Å². The fourth-order valence-corrected chi connectivity index (χ4v) is 16.5. The molecule has 1 spiro atoms. The molecule has 0 bridgehead atoms. The Morgan fingerprint density at radius 1 is 0.571 bits per heavy atom. The molecular weight excluding hydrogens is 868 g/mol. The van der Waals surface area contributed by atoms with Crippen LogP contribution in [-0.4, -0.2) is 4.57 Å². The van der Waals surface area contributed by atoms with Crippen LogP contribution in [-0.2, 0) is 15.4 Å². The first-order valence-corrected chi connectivity index (χ1v) is 26.8. The van der Waals surface area contributed by atoms with Crippen molar-refractivity contribution in [3.63, 3.8) is 0 Å². The normalized spacial score (nSPS) is 22.1. The maximum absolute atomic E-state index is 17.0. The van der Waals surface area contributed by atoms with Crippen molar-refractivity contribution < 1.29 is 4.57 Å². The average Bonchev–Trinajstić information content (AvgIpc) is 3.85. The third-order valence-electron chi connectivity index (χ3n) is 16.6. The summed E-state index contributed by atoms with van der Waals surface area (Å²) in [6.07, 6.45) is 13.6. The zero-order valence-corrected chi connectivity index (χ0v) is 40.9. The molecule has 0 saturated carbocycles. The van der Waals surface area contributed by atoms with Crippen LogP contribution in [0.2, 0.25) is 0 Å². The predicted molar refractivity (Wildman–Crippen MR) is 294 cm³/mol. The Bertz CT molecular complexity index is 3880. The lowest BCUT2D eigenvalue weighted by molar-refractivity contribution is 0.566. The Morgan fingerprint density at radius 3 is 2.06 bits per heavy atom. The van der Waals surface area contributed by atoms with Crippen LogP contribution in [0.15, 0.2) is 218 Å². The summed E-state index contributed by atoms with van der Waals surface area (Å²) >= 11 is 0. The van der Waals surface area contributed by atoms with Crippen molar-refractivity contribution in [3.8, 4) is 5.69 Å². The van der Waals surface area contributed by atoms with Crippen LogP contribution in [0.25, 0.3) is 38.6 Å². The largest absolute Gasteiger partial charge is 0.310 e. The number of nitrogens with zero attached hydrogens (tertiary/aromatic N) is 2. The average molecular weight is 921 g/mol. The first kappa shape index (κ1) is 41.5. The summed E-state index contributed by atoms with van der Waals surface area (Å²) in [5.41, 5.74) is 18.5. The molecule has 0 amide bonds. The van der Waals surface area contributed by atoms with Crippen molar-refractivity contribution >= 4 is 73.1 Å². The zero-order chi connectivity index (χ0) is 47.1. The topological polar surface area (TPSA) is 25.2 Å². The Morgan fingerprint density at radius 2 is 1.23 bits per heavy atom. The molecule has 3 heterocycles. The first-order chi connectivity index (χ1) is 34.2. The van der Waals surface area contributed by atoms with Gasteiger partial charge in [0.05, 0.1) is 22.1 Å². The van der Waals surface area contributed by atoms with Crippen LogP contribution in [0.4, 0.5) is 17.1 Å². The molecule has 338 valence electrons. The van der Waals surface area contributed by atoms with E-state index in [0.29, 0.717) is 11.8 Å². The number of anilines is 3. The quantitative estimate of drug-likeness (QED) is 0.161.